The van der Waals surface area contributed by atoms with Crippen LogP contribution in [0.3, 0.4) is 0 Å². The summed E-state index contributed by atoms with van der Waals surface area (Å²) in [5.74, 6) is -1.03. The van der Waals surface area contributed by atoms with Crippen molar-refractivity contribution < 1.29 is 23.6 Å². The lowest BCUT2D eigenvalue weighted by Gasteiger charge is -2.32. The fourth-order valence-corrected chi connectivity index (χ4v) is 3.16. The number of hydrogen-bond donors (Lipinski definition) is 0. The minimum Gasteiger partial charge on any atom is -0.466 e. The Kier molecular flexibility index (Phi) is 5.31. The molecule has 0 radical (unpaired) electrons. The van der Waals surface area contributed by atoms with E-state index in [1.165, 1.54) is 12.1 Å². The van der Waals surface area contributed by atoms with E-state index >= 15 is 0 Å². The van der Waals surface area contributed by atoms with Crippen LogP contribution in [0.5, 0.6) is 0 Å². The first-order valence-electron chi connectivity index (χ1n) is 8.52. The van der Waals surface area contributed by atoms with E-state index in [4.69, 9.17) is 9.57 Å². The Labute approximate surface area is 145 Å². The highest BCUT2D eigenvalue weighted by Gasteiger charge is 2.36. The molecule has 0 aliphatic carbocycles. The average Bonchev–Trinajstić information content (AvgIpc) is 3.12. The lowest BCUT2D eigenvalue weighted by atomic mass is 9.97. The van der Waals surface area contributed by atoms with Gasteiger partial charge in [-0.3, -0.25) is 9.59 Å². The second-order valence-corrected chi connectivity index (χ2v) is 6.22. The minimum atomic E-state index is -0.694. The third-order valence-electron chi connectivity index (χ3n) is 4.47. The summed E-state index contributed by atoms with van der Waals surface area (Å²) in [6, 6.07) is 5.92. The molecule has 0 bridgehead atoms. The van der Waals surface area contributed by atoms with Crippen LogP contribution in [0.15, 0.2) is 29.4 Å². The van der Waals surface area contributed by atoms with Gasteiger partial charge in [0.25, 0.3) is 5.91 Å². The molecule has 7 heteroatoms. The smallest absolute Gasteiger partial charge is 0.310 e. The van der Waals surface area contributed by atoms with Crippen molar-refractivity contribution in [2.45, 2.75) is 32.3 Å². The Bertz CT molecular complexity index is 674. The van der Waals surface area contributed by atoms with Gasteiger partial charge in [-0.1, -0.05) is 17.3 Å². The average molecular weight is 348 g/mol. The lowest BCUT2D eigenvalue weighted by molar-refractivity contribution is -0.153. The maximum absolute atomic E-state index is 13.0. The summed E-state index contributed by atoms with van der Waals surface area (Å²) < 4.78 is 18.1. The first-order chi connectivity index (χ1) is 12.1. The van der Waals surface area contributed by atoms with E-state index in [1.807, 2.05) is 0 Å². The van der Waals surface area contributed by atoms with Crippen molar-refractivity contribution in [3.8, 4) is 0 Å². The Balaban J connectivity index is 1.59. The molecule has 2 atom stereocenters. The molecule has 1 amide bonds. The molecule has 25 heavy (non-hydrogen) atoms. The largest absolute Gasteiger partial charge is 0.466 e. The molecule has 6 nitrogen and oxygen atoms in total. The van der Waals surface area contributed by atoms with Crippen LogP contribution in [0, 0.1) is 11.7 Å². The highest BCUT2D eigenvalue weighted by atomic mass is 19.1. The van der Waals surface area contributed by atoms with Gasteiger partial charge >= 0.3 is 5.97 Å². The quantitative estimate of drug-likeness (QED) is 0.782. The molecule has 0 aromatic heterocycles. The number of hydrogen-bond acceptors (Lipinski definition) is 5. The summed E-state index contributed by atoms with van der Waals surface area (Å²) in [4.78, 5) is 31.5. The summed E-state index contributed by atoms with van der Waals surface area (Å²) in [5, 5.41) is 3.97. The Morgan fingerprint density at radius 3 is 2.84 bits per heavy atom. The van der Waals surface area contributed by atoms with Crippen LogP contribution in [-0.4, -0.2) is 48.3 Å². The van der Waals surface area contributed by atoms with Crippen molar-refractivity contribution in [1.82, 2.24) is 4.90 Å². The van der Waals surface area contributed by atoms with Crippen molar-refractivity contribution in [2.75, 3.05) is 19.7 Å². The number of oxime groups is 1. The highest BCUT2D eigenvalue weighted by Crippen LogP contribution is 2.23. The molecule has 3 rings (SSSR count). The number of piperidine rings is 1. The first kappa shape index (κ1) is 17.4. The molecular formula is C18H21FN2O4. The van der Waals surface area contributed by atoms with Crippen LogP contribution in [0.1, 0.15) is 31.7 Å². The minimum absolute atomic E-state index is 0.171. The molecule has 0 N–H and O–H groups in total. The van der Waals surface area contributed by atoms with Gasteiger partial charge in [-0.2, -0.15) is 0 Å². The van der Waals surface area contributed by atoms with E-state index in [0.717, 1.165) is 18.4 Å². The normalized spacial score (nSPS) is 23.0. The molecule has 2 aliphatic rings. The summed E-state index contributed by atoms with van der Waals surface area (Å²) in [5.41, 5.74) is 1.36. The Morgan fingerprint density at radius 2 is 2.12 bits per heavy atom. The summed E-state index contributed by atoms with van der Waals surface area (Å²) >= 11 is 0. The van der Waals surface area contributed by atoms with Crippen molar-refractivity contribution in [1.29, 1.82) is 0 Å². The monoisotopic (exact) mass is 348 g/mol. The van der Waals surface area contributed by atoms with Crippen LogP contribution in [0.2, 0.25) is 0 Å². The Morgan fingerprint density at radius 1 is 1.36 bits per heavy atom. The van der Waals surface area contributed by atoms with E-state index in [9.17, 15) is 14.0 Å². The number of carbonyl (C=O) groups is 2. The molecule has 1 saturated heterocycles. The highest BCUT2D eigenvalue weighted by molar-refractivity contribution is 6.04. The number of likely N-dealkylation sites (tertiary alicyclic amines) is 1. The molecule has 1 fully saturated rings. The molecule has 0 saturated carbocycles. The second-order valence-electron chi connectivity index (χ2n) is 6.22. The van der Waals surface area contributed by atoms with Gasteiger partial charge in [-0.05, 0) is 37.5 Å². The van der Waals surface area contributed by atoms with E-state index in [1.54, 1.807) is 24.0 Å². The Hall–Kier alpha value is -2.44. The van der Waals surface area contributed by atoms with Crippen LogP contribution >= 0.6 is 0 Å². The molecule has 0 spiro atoms. The number of rotatable bonds is 4. The number of esters is 1. The zero-order chi connectivity index (χ0) is 17.8. The van der Waals surface area contributed by atoms with Gasteiger partial charge in [0.05, 0.1) is 18.2 Å². The predicted molar refractivity (Wildman–Crippen MR) is 88.4 cm³/mol. The zero-order valence-electron chi connectivity index (χ0n) is 14.1. The third-order valence-corrected chi connectivity index (χ3v) is 4.47. The molecule has 1 aromatic carbocycles. The number of ether oxygens (including phenoxy) is 1. The van der Waals surface area contributed by atoms with Crippen molar-refractivity contribution in [2.24, 2.45) is 11.1 Å². The van der Waals surface area contributed by atoms with E-state index < -0.39 is 6.10 Å². The third kappa shape index (κ3) is 3.97. The van der Waals surface area contributed by atoms with Gasteiger partial charge in [0.2, 0.25) is 6.10 Å². The second kappa shape index (κ2) is 7.63. The number of nitrogens with zero attached hydrogens (tertiary/aromatic N) is 2. The van der Waals surface area contributed by atoms with Gasteiger partial charge < -0.3 is 14.5 Å². The summed E-state index contributed by atoms with van der Waals surface area (Å²) in [7, 11) is 0. The fraction of sp³-hybridized carbons (Fsp3) is 0.500. The van der Waals surface area contributed by atoms with Gasteiger partial charge in [0.1, 0.15) is 5.82 Å². The van der Waals surface area contributed by atoms with Crippen LogP contribution in [0.25, 0.3) is 0 Å². The first-order valence-corrected chi connectivity index (χ1v) is 8.52. The van der Waals surface area contributed by atoms with Crippen LogP contribution < -0.4 is 0 Å². The molecule has 2 aliphatic heterocycles. The number of halogens is 1. The number of benzene rings is 1. The number of carbonyl (C=O) groups excluding carboxylic acids is 2. The molecule has 0 unspecified atom stereocenters. The summed E-state index contributed by atoms with van der Waals surface area (Å²) in [6.07, 6.45) is 1.13. The van der Waals surface area contributed by atoms with E-state index in [-0.39, 0.29) is 23.6 Å². The fourth-order valence-electron chi connectivity index (χ4n) is 3.16. The van der Waals surface area contributed by atoms with Crippen molar-refractivity contribution in [3.05, 3.63) is 35.6 Å². The van der Waals surface area contributed by atoms with Gasteiger partial charge in [0, 0.05) is 19.5 Å². The van der Waals surface area contributed by atoms with Crippen molar-refractivity contribution >= 4 is 17.6 Å². The molecule has 2 heterocycles. The van der Waals surface area contributed by atoms with E-state index in [0.29, 0.717) is 31.8 Å². The standard InChI is InChI=1S/C18H21FN2O4/c1-2-24-18(23)13-4-3-9-21(11-13)17(22)16-10-15(20-25-16)12-5-7-14(19)8-6-12/h5-8,13,16H,2-4,9-11H2,1H3/t13-,16+/m0/s1. The maximum atomic E-state index is 13.0. The molecule has 1 aromatic rings. The molecule has 134 valence electrons. The van der Waals surface area contributed by atoms with Crippen molar-refractivity contribution in [3.63, 3.8) is 0 Å². The predicted octanol–water partition coefficient (Wildman–Crippen LogP) is 2.12. The van der Waals surface area contributed by atoms with Crippen LogP contribution in [0.4, 0.5) is 4.39 Å². The number of amides is 1. The summed E-state index contributed by atoms with van der Waals surface area (Å²) in [6.45, 7) is 3.05. The lowest BCUT2D eigenvalue weighted by Crippen LogP contribution is -2.47. The van der Waals surface area contributed by atoms with Crippen LogP contribution in [-0.2, 0) is 19.2 Å². The SMILES string of the molecule is CCOC(=O)[C@H]1CCCN(C(=O)[C@H]2CC(c3ccc(F)cc3)=NO2)C1. The maximum Gasteiger partial charge on any atom is 0.310 e. The topological polar surface area (TPSA) is 68.2 Å². The van der Waals surface area contributed by atoms with Gasteiger partial charge in [-0.25, -0.2) is 4.39 Å². The molecular weight excluding hydrogens is 327 g/mol. The van der Waals surface area contributed by atoms with Gasteiger partial charge in [0.15, 0.2) is 0 Å². The van der Waals surface area contributed by atoms with E-state index in [2.05, 4.69) is 5.16 Å². The van der Waals surface area contributed by atoms with Gasteiger partial charge in [-0.15, -0.1) is 0 Å². The zero-order valence-corrected chi connectivity index (χ0v) is 14.1.